The molecule has 6 heteroatoms. The van der Waals surface area contributed by atoms with Crippen molar-refractivity contribution in [3.63, 3.8) is 0 Å². The summed E-state index contributed by atoms with van der Waals surface area (Å²) < 4.78 is 25.7. The zero-order chi connectivity index (χ0) is 10.7. The Hall–Kier alpha value is -1.85. The minimum atomic E-state index is -1.27. The Morgan fingerprint density at radius 1 is 1.50 bits per heavy atom. The van der Waals surface area contributed by atoms with Crippen LogP contribution in [0.3, 0.4) is 0 Å². The van der Waals surface area contributed by atoms with Crippen LogP contribution in [0.25, 0.3) is 0 Å². The highest BCUT2D eigenvalue weighted by atomic mass is 19.2. The highest BCUT2D eigenvalue weighted by Gasteiger charge is 2.15. The fraction of sp³-hybridized carbons (Fsp3) is 0.125. The molecule has 0 unspecified atom stereocenters. The van der Waals surface area contributed by atoms with Gasteiger partial charge in [0.2, 0.25) is 0 Å². The SMILES string of the molecule is N=CCc1cc([N+](=O)[O-])cc(F)c1F. The molecule has 1 rings (SSSR count). The van der Waals surface area contributed by atoms with Crippen molar-refractivity contribution >= 4 is 11.9 Å². The quantitative estimate of drug-likeness (QED) is 0.461. The van der Waals surface area contributed by atoms with Gasteiger partial charge in [0, 0.05) is 18.1 Å². The van der Waals surface area contributed by atoms with Crippen LogP contribution in [-0.4, -0.2) is 11.1 Å². The summed E-state index contributed by atoms with van der Waals surface area (Å²) in [6.45, 7) is 0. The Kier molecular flexibility index (Phi) is 2.85. The number of non-ortho nitro benzene ring substituents is 1. The summed E-state index contributed by atoms with van der Waals surface area (Å²) in [6.07, 6.45) is 0.687. The number of rotatable bonds is 3. The average Bonchev–Trinajstić information content (AvgIpc) is 2.12. The maximum Gasteiger partial charge on any atom is 0.272 e. The molecule has 0 amide bonds. The van der Waals surface area contributed by atoms with Crippen LogP contribution >= 0.6 is 0 Å². The topological polar surface area (TPSA) is 67.0 Å². The van der Waals surface area contributed by atoms with Gasteiger partial charge in [-0.1, -0.05) is 0 Å². The van der Waals surface area contributed by atoms with E-state index in [9.17, 15) is 18.9 Å². The Labute approximate surface area is 77.8 Å². The second-order valence-electron chi connectivity index (χ2n) is 2.57. The first-order chi connectivity index (χ1) is 6.56. The lowest BCUT2D eigenvalue weighted by molar-refractivity contribution is -0.385. The lowest BCUT2D eigenvalue weighted by Crippen LogP contribution is -1.98. The van der Waals surface area contributed by atoms with E-state index in [0.717, 1.165) is 12.3 Å². The molecule has 0 heterocycles. The van der Waals surface area contributed by atoms with Crippen LogP contribution in [0.15, 0.2) is 12.1 Å². The molecule has 0 atom stereocenters. The zero-order valence-electron chi connectivity index (χ0n) is 6.96. The summed E-state index contributed by atoms with van der Waals surface area (Å²) in [5, 5.41) is 17.0. The number of nitro benzene ring substituents is 1. The summed E-state index contributed by atoms with van der Waals surface area (Å²) in [5.74, 6) is -2.41. The van der Waals surface area contributed by atoms with E-state index in [-0.39, 0.29) is 12.0 Å². The first-order valence-corrected chi connectivity index (χ1v) is 3.67. The third-order valence-corrected chi connectivity index (χ3v) is 1.62. The van der Waals surface area contributed by atoms with Gasteiger partial charge < -0.3 is 5.41 Å². The standard InChI is InChI=1S/C8H6F2N2O2/c9-7-4-6(12(13)14)3-5(1-2-11)8(7)10/h2-4,11H,1H2. The summed E-state index contributed by atoms with van der Waals surface area (Å²) in [5.41, 5.74) is -0.701. The highest BCUT2D eigenvalue weighted by Crippen LogP contribution is 2.20. The molecule has 0 saturated carbocycles. The third-order valence-electron chi connectivity index (χ3n) is 1.62. The third kappa shape index (κ3) is 1.90. The number of nitrogens with zero attached hydrogens (tertiary/aromatic N) is 1. The van der Waals surface area contributed by atoms with Crippen LogP contribution < -0.4 is 0 Å². The van der Waals surface area contributed by atoms with E-state index in [0.29, 0.717) is 6.07 Å². The Bertz CT molecular complexity index is 393. The predicted molar refractivity (Wildman–Crippen MR) is 45.5 cm³/mol. The van der Waals surface area contributed by atoms with Crippen molar-refractivity contribution in [2.45, 2.75) is 6.42 Å². The van der Waals surface area contributed by atoms with Crippen molar-refractivity contribution in [2.75, 3.05) is 0 Å². The first kappa shape index (κ1) is 10.2. The molecule has 0 aliphatic heterocycles. The van der Waals surface area contributed by atoms with Crippen LogP contribution in [0.5, 0.6) is 0 Å². The van der Waals surface area contributed by atoms with Crippen LogP contribution in [0.4, 0.5) is 14.5 Å². The van der Waals surface area contributed by atoms with Gasteiger partial charge in [-0.25, -0.2) is 8.78 Å². The smallest absolute Gasteiger partial charge is 0.272 e. The summed E-state index contributed by atoms with van der Waals surface area (Å²) in [4.78, 5) is 9.47. The van der Waals surface area contributed by atoms with Gasteiger partial charge in [0.05, 0.1) is 11.0 Å². The molecule has 0 bridgehead atoms. The molecule has 0 aromatic heterocycles. The van der Waals surface area contributed by atoms with Gasteiger partial charge in [-0.15, -0.1) is 0 Å². The van der Waals surface area contributed by atoms with Gasteiger partial charge >= 0.3 is 0 Å². The van der Waals surface area contributed by atoms with E-state index < -0.39 is 22.2 Å². The summed E-state index contributed by atoms with van der Waals surface area (Å²) in [6, 6.07) is 1.44. The second kappa shape index (κ2) is 3.91. The molecule has 4 nitrogen and oxygen atoms in total. The minimum Gasteiger partial charge on any atom is -0.313 e. The normalized spacial score (nSPS) is 9.86. The van der Waals surface area contributed by atoms with Gasteiger partial charge in [0.15, 0.2) is 11.6 Å². The monoisotopic (exact) mass is 200 g/mol. The predicted octanol–water partition coefficient (Wildman–Crippen LogP) is 2.07. The van der Waals surface area contributed by atoms with E-state index in [1.807, 2.05) is 0 Å². The van der Waals surface area contributed by atoms with Crippen LogP contribution in [0, 0.1) is 27.2 Å². The number of halogens is 2. The lowest BCUT2D eigenvalue weighted by atomic mass is 10.1. The van der Waals surface area contributed by atoms with E-state index in [1.165, 1.54) is 0 Å². The molecule has 0 spiro atoms. The maximum atomic E-state index is 12.9. The highest BCUT2D eigenvalue weighted by molar-refractivity contribution is 5.59. The van der Waals surface area contributed by atoms with Crippen molar-refractivity contribution in [3.05, 3.63) is 39.4 Å². The summed E-state index contributed by atoms with van der Waals surface area (Å²) in [7, 11) is 0. The largest absolute Gasteiger partial charge is 0.313 e. The van der Waals surface area contributed by atoms with Gasteiger partial charge in [0.1, 0.15) is 0 Å². The molecule has 1 aromatic rings. The number of hydrogen-bond acceptors (Lipinski definition) is 3. The van der Waals surface area contributed by atoms with E-state index in [4.69, 9.17) is 5.41 Å². The van der Waals surface area contributed by atoms with Crippen molar-refractivity contribution in [2.24, 2.45) is 0 Å². The van der Waals surface area contributed by atoms with Gasteiger partial charge in [-0.2, -0.15) is 0 Å². The van der Waals surface area contributed by atoms with Crippen molar-refractivity contribution in [1.29, 1.82) is 5.41 Å². The Morgan fingerprint density at radius 3 is 2.64 bits per heavy atom. The van der Waals surface area contributed by atoms with E-state index in [1.54, 1.807) is 0 Å². The minimum absolute atomic E-state index is 0.162. The average molecular weight is 200 g/mol. The fourth-order valence-electron chi connectivity index (χ4n) is 0.994. The molecule has 0 saturated heterocycles. The molecule has 1 aromatic carbocycles. The van der Waals surface area contributed by atoms with Gasteiger partial charge in [-0.3, -0.25) is 10.1 Å². The molecule has 0 aliphatic rings. The van der Waals surface area contributed by atoms with Crippen molar-refractivity contribution < 1.29 is 13.7 Å². The Balaban J connectivity index is 3.27. The van der Waals surface area contributed by atoms with Crippen LogP contribution in [0.2, 0.25) is 0 Å². The zero-order valence-corrected chi connectivity index (χ0v) is 6.96. The molecular formula is C8H6F2N2O2. The number of nitro groups is 1. The van der Waals surface area contributed by atoms with Gasteiger partial charge in [0.25, 0.3) is 5.69 Å². The van der Waals surface area contributed by atoms with Gasteiger partial charge in [-0.05, 0) is 6.21 Å². The summed E-state index contributed by atoms with van der Waals surface area (Å²) >= 11 is 0. The van der Waals surface area contributed by atoms with Crippen LogP contribution in [-0.2, 0) is 6.42 Å². The van der Waals surface area contributed by atoms with E-state index in [2.05, 4.69) is 0 Å². The molecule has 0 radical (unpaired) electrons. The fourth-order valence-corrected chi connectivity index (χ4v) is 0.994. The number of nitrogens with one attached hydrogen (secondary N) is 1. The van der Waals surface area contributed by atoms with Crippen molar-refractivity contribution in [1.82, 2.24) is 0 Å². The molecule has 74 valence electrons. The lowest BCUT2D eigenvalue weighted by Gasteiger charge is -2.00. The molecule has 1 N–H and O–H groups in total. The molecule has 0 fully saturated rings. The molecule has 0 aliphatic carbocycles. The number of benzene rings is 1. The molecule has 14 heavy (non-hydrogen) atoms. The number of hydrogen-bond donors (Lipinski definition) is 1. The second-order valence-corrected chi connectivity index (χ2v) is 2.57. The Morgan fingerprint density at radius 2 is 2.14 bits per heavy atom. The maximum absolute atomic E-state index is 12.9. The van der Waals surface area contributed by atoms with E-state index >= 15 is 0 Å². The van der Waals surface area contributed by atoms with Crippen LogP contribution in [0.1, 0.15) is 5.56 Å². The van der Waals surface area contributed by atoms with Crippen molar-refractivity contribution in [3.8, 4) is 0 Å². The molecular weight excluding hydrogens is 194 g/mol. The first-order valence-electron chi connectivity index (χ1n) is 3.67.